The smallest absolute Gasteiger partial charge is 0.366 e. The number of anilines is 1. The normalized spacial score (nSPS) is 14.2. The Morgan fingerprint density at radius 2 is 1.88 bits per heavy atom. The molecule has 10 heteroatoms. The van der Waals surface area contributed by atoms with Crippen LogP contribution in [0.15, 0.2) is 49.2 Å². The van der Waals surface area contributed by atoms with Crippen molar-refractivity contribution in [3.8, 4) is 17.2 Å². The topological polar surface area (TPSA) is 60.2 Å². The van der Waals surface area contributed by atoms with Crippen molar-refractivity contribution in [2.24, 2.45) is 0 Å². The summed E-state index contributed by atoms with van der Waals surface area (Å²) in [6.07, 6.45) is -2.31. The van der Waals surface area contributed by atoms with Gasteiger partial charge in [-0.3, -0.25) is 9.78 Å². The largest absolute Gasteiger partial charge is 0.417 e. The van der Waals surface area contributed by atoms with E-state index in [1.807, 2.05) is 11.0 Å². The Morgan fingerprint density at radius 3 is 2.50 bits per heavy atom. The van der Waals surface area contributed by atoms with Gasteiger partial charge in [0.1, 0.15) is 11.6 Å². The molecule has 3 aromatic rings. The molecular formula is C24H17ClF4N4O. The highest BCUT2D eigenvalue weighted by Crippen LogP contribution is 2.44. The first-order valence-electron chi connectivity index (χ1n) is 10.2. The Bertz CT molecular complexity index is 1340. The van der Waals surface area contributed by atoms with Gasteiger partial charge < -0.3 is 9.80 Å². The molecule has 1 aromatic heterocycles. The molecule has 0 spiro atoms. The van der Waals surface area contributed by atoms with E-state index < -0.39 is 28.7 Å². The van der Waals surface area contributed by atoms with E-state index >= 15 is 4.39 Å². The maximum absolute atomic E-state index is 15.7. The summed E-state index contributed by atoms with van der Waals surface area (Å²) in [5, 5.41) is 9.61. The Labute approximate surface area is 197 Å². The number of carbonyl (C=O) groups is 1. The molecule has 0 atom stereocenters. The minimum atomic E-state index is -4.72. The number of nitriles is 1. The lowest BCUT2D eigenvalue weighted by Crippen LogP contribution is -2.48. The van der Waals surface area contributed by atoms with Crippen molar-refractivity contribution in [2.75, 3.05) is 31.1 Å². The highest BCUT2D eigenvalue weighted by atomic mass is 35.5. The molecule has 1 aliphatic heterocycles. The molecule has 34 heavy (non-hydrogen) atoms. The maximum Gasteiger partial charge on any atom is 0.417 e. The summed E-state index contributed by atoms with van der Waals surface area (Å²) in [4.78, 5) is 19.3. The molecule has 1 aliphatic rings. The predicted molar refractivity (Wildman–Crippen MR) is 121 cm³/mol. The van der Waals surface area contributed by atoms with Crippen molar-refractivity contribution < 1.29 is 22.4 Å². The van der Waals surface area contributed by atoms with Gasteiger partial charge in [-0.15, -0.1) is 0 Å². The number of benzene rings is 2. The van der Waals surface area contributed by atoms with E-state index in [2.05, 4.69) is 11.6 Å². The molecule has 0 unspecified atom stereocenters. The van der Waals surface area contributed by atoms with Crippen molar-refractivity contribution in [3.63, 3.8) is 0 Å². The van der Waals surface area contributed by atoms with Crippen LogP contribution in [-0.4, -0.2) is 42.0 Å². The van der Waals surface area contributed by atoms with E-state index in [0.717, 1.165) is 12.1 Å². The van der Waals surface area contributed by atoms with Crippen LogP contribution in [0.5, 0.6) is 0 Å². The zero-order valence-electron chi connectivity index (χ0n) is 17.7. The lowest BCUT2D eigenvalue weighted by molar-refractivity contribution is -0.137. The van der Waals surface area contributed by atoms with Crippen molar-refractivity contribution in [2.45, 2.75) is 6.18 Å². The van der Waals surface area contributed by atoms with Crippen LogP contribution in [0.3, 0.4) is 0 Å². The summed E-state index contributed by atoms with van der Waals surface area (Å²) >= 11 is 6.35. The summed E-state index contributed by atoms with van der Waals surface area (Å²) < 4.78 is 56.4. The first kappa shape index (κ1) is 23.5. The van der Waals surface area contributed by atoms with Gasteiger partial charge in [-0.25, -0.2) is 4.39 Å². The molecule has 0 N–H and O–H groups in total. The van der Waals surface area contributed by atoms with Crippen LogP contribution >= 0.6 is 11.6 Å². The van der Waals surface area contributed by atoms with Gasteiger partial charge in [-0.1, -0.05) is 36.4 Å². The second-order valence-electron chi connectivity index (χ2n) is 7.64. The number of nitrogens with zero attached hydrogens (tertiary/aromatic N) is 4. The molecule has 174 valence electrons. The van der Waals surface area contributed by atoms with Crippen LogP contribution in [0.2, 0.25) is 5.02 Å². The first-order chi connectivity index (χ1) is 16.2. The molecule has 1 saturated heterocycles. The Kier molecular flexibility index (Phi) is 6.19. The van der Waals surface area contributed by atoms with Crippen LogP contribution < -0.4 is 4.90 Å². The quantitative estimate of drug-likeness (QED) is 0.365. The van der Waals surface area contributed by atoms with E-state index in [-0.39, 0.29) is 27.4 Å². The molecule has 2 aromatic carbocycles. The van der Waals surface area contributed by atoms with E-state index in [1.165, 1.54) is 30.5 Å². The summed E-state index contributed by atoms with van der Waals surface area (Å²) in [6, 6.07) is 7.96. The lowest BCUT2D eigenvalue weighted by atomic mass is 9.96. The van der Waals surface area contributed by atoms with Crippen molar-refractivity contribution in [1.29, 1.82) is 5.26 Å². The van der Waals surface area contributed by atoms with Crippen LogP contribution in [0.1, 0.15) is 11.1 Å². The maximum atomic E-state index is 15.7. The molecule has 2 heterocycles. The van der Waals surface area contributed by atoms with Crippen LogP contribution in [0.4, 0.5) is 23.2 Å². The molecule has 1 amide bonds. The third-order valence-corrected chi connectivity index (χ3v) is 6.03. The number of fused-ring (bicyclic) bond motifs is 1. The standard InChI is InChI=1S/C24H17ClF4N4O/c1-2-19(34)32-7-9-33(10-8-32)23-14(12-30)13-31-22-16(23)11-18(25)20(21(22)26)15-5-3-4-6-17(15)24(27,28)29/h2-6,11,13H,1,7-10H2. The van der Waals surface area contributed by atoms with Crippen molar-refractivity contribution in [1.82, 2.24) is 9.88 Å². The molecule has 0 saturated carbocycles. The third kappa shape index (κ3) is 4.05. The second-order valence-corrected chi connectivity index (χ2v) is 8.04. The van der Waals surface area contributed by atoms with Gasteiger partial charge in [-0.2, -0.15) is 18.4 Å². The molecule has 0 aliphatic carbocycles. The number of carbonyl (C=O) groups excluding carboxylic acids is 1. The molecule has 0 bridgehead atoms. The summed E-state index contributed by atoms with van der Waals surface area (Å²) in [5.41, 5.74) is -1.50. The highest BCUT2D eigenvalue weighted by Gasteiger charge is 2.35. The number of amides is 1. The van der Waals surface area contributed by atoms with E-state index in [0.29, 0.717) is 31.9 Å². The SMILES string of the molecule is C=CC(=O)N1CCN(c2c(C#N)cnc3c(F)c(-c4ccccc4C(F)(F)F)c(Cl)cc23)CC1. The molecule has 0 radical (unpaired) electrons. The average molecular weight is 489 g/mol. The monoisotopic (exact) mass is 488 g/mol. The van der Waals surface area contributed by atoms with Gasteiger partial charge in [-0.05, 0) is 23.8 Å². The van der Waals surface area contributed by atoms with Crippen molar-refractivity contribution >= 4 is 34.1 Å². The van der Waals surface area contributed by atoms with Gasteiger partial charge in [0, 0.05) is 43.3 Å². The van der Waals surface area contributed by atoms with Gasteiger partial charge in [0.25, 0.3) is 0 Å². The van der Waals surface area contributed by atoms with Crippen LogP contribution in [0, 0.1) is 17.1 Å². The summed E-state index contributed by atoms with van der Waals surface area (Å²) in [5.74, 6) is -1.23. The number of aromatic nitrogens is 1. The average Bonchev–Trinajstić information content (AvgIpc) is 2.82. The van der Waals surface area contributed by atoms with Gasteiger partial charge in [0.15, 0.2) is 5.82 Å². The van der Waals surface area contributed by atoms with Gasteiger partial charge >= 0.3 is 6.18 Å². The van der Waals surface area contributed by atoms with E-state index in [1.54, 1.807) is 4.90 Å². The molecule has 1 fully saturated rings. The number of piperazine rings is 1. The number of alkyl halides is 3. The minimum absolute atomic E-state index is 0.162. The van der Waals surface area contributed by atoms with Gasteiger partial charge in [0.05, 0.1) is 21.8 Å². The summed E-state index contributed by atoms with van der Waals surface area (Å²) in [6.45, 7) is 4.89. The second kappa shape index (κ2) is 8.95. The number of pyridine rings is 1. The summed E-state index contributed by atoms with van der Waals surface area (Å²) in [7, 11) is 0. The Morgan fingerprint density at radius 1 is 1.21 bits per heavy atom. The van der Waals surface area contributed by atoms with Crippen molar-refractivity contribution in [3.05, 3.63) is 71.2 Å². The fourth-order valence-corrected chi connectivity index (χ4v) is 4.44. The zero-order valence-corrected chi connectivity index (χ0v) is 18.4. The molecular weight excluding hydrogens is 472 g/mol. The number of hydrogen-bond donors (Lipinski definition) is 0. The minimum Gasteiger partial charge on any atom is -0.366 e. The molecule has 5 nitrogen and oxygen atoms in total. The van der Waals surface area contributed by atoms with Crippen LogP contribution in [-0.2, 0) is 11.0 Å². The molecule has 4 rings (SSSR count). The van der Waals surface area contributed by atoms with Gasteiger partial charge in [0.2, 0.25) is 5.91 Å². The highest BCUT2D eigenvalue weighted by molar-refractivity contribution is 6.34. The fourth-order valence-electron chi connectivity index (χ4n) is 4.15. The number of halogens is 5. The Hall–Kier alpha value is -3.64. The fraction of sp³-hybridized carbons (Fsp3) is 0.208. The van der Waals surface area contributed by atoms with Crippen LogP contribution in [0.25, 0.3) is 22.0 Å². The zero-order chi connectivity index (χ0) is 24.6. The van der Waals surface area contributed by atoms with E-state index in [9.17, 15) is 23.2 Å². The number of hydrogen-bond acceptors (Lipinski definition) is 4. The third-order valence-electron chi connectivity index (χ3n) is 5.73. The predicted octanol–water partition coefficient (Wildman–Crippen LogP) is 5.42. The first-order valence-corrected chi connectivity index (χ1v) is 10.6. The Balaban J connectivity index is 1.88. The lowest BCUT2D eigenvalue weighted by Gasteiger charge is -2.36. The van der Waals surface area contributed by atoms with E-state index in [4.69, 9.17) is 11.6 Å². The number of rotatable bonds is 3.